The van der Waals surface area contributed by atoms with Gasteiger partial charge in [0.05, 0.1) is 0 Å². The van der Waals surface area contributed by atoms with E-state index in [2.05, 4.69) is 118 Å². The van der Waals surface area contributed by atoms with Crippen LogP contribution in [0.4, 0.5) is 0 Å². The van der Waals surface area contributed by atoms with Crippen molar-refractivity contribution in [1.82, 2.24) is 0 Å². The number of ether oxygens (including phenoxy) is 1. The molecule has 0 fully saturated rings. The number of esters is 1. The monoisotopic (exact) mass is 726 g/mol. The SMILES string of the molecule is CCC[CH2][Sn]([CH2]CCC)([CH2]CCC)/[C](=C\C(=O)OC)[Sn]([c]1ccccc1)([c]1ccccc1)[c]1ccccc1. The van der Waals surface area contributed by atoms with E-state index in [1.54, 1.807) is 8.71 Å². The first-order valence-corrected chi connectivity index (χ1v) is 27.7. The Bertz CT molecular complexity index is 1010. The summed E-state index contributed by atoms with van der Waals surface area (Å²) in [5, 5.41) is 0. The molecule has 0 heterocycles. The van der Waals surface area contributed by atoms with Gasteiger partial charge in [0, 0.05) is 0 Å². The van der Waals surface area contributed by atoms with Gasteiger partial charge >= 0.3 is 241 Å². The molecule has 0 aromatic heterocycles. The second kappa shape index (κ2) is 15.9. The molecule has 4 heteroatoms. The van der Waals surface area contributed by atoms with E-state index >= 15 is 0 Å². The maximum atomic E-state index is 13.4. The molecule has 0 atom stereocenters. The van der Waals surface area contributed by atoms with E-state index < -0.39 is 36.8 Å². The fourth-order valence-electron chi connectivity index (χ4n) is 6.19. The Hall–Kier alpha value is -1.53. The first-order valence-electron chi connectivity index (χ1n) is 14.6. The topological polar surface area (TPSA) is 26.3 Å². The van der Waals surface area contributed by atoms with Gasteiger partial charge in [0.15, 0.2) is 0 Å². The van der Waals surface area contributed by atoms with Crippen molar-refractivity contribution in [2.45, 2.75) is 72.6 Å². The van der Waals surface area contributed by atoms with Crippen molar-refractivity contribution in [2.75, 3.05) is 7.11 Å². The number of benzene rings is 3. The zero-order chi connectivity index (χ0) is 27.3. The Labute approximate surface area is 239 Å². The second-order valence-electron chi connectivity index (χ2n) is 10.5. The Morgan fingerprint density at radius 3 is 1.26 bits per heavy atom. The number of methoxy groups -OCH3 is 1. The summed E-state index contributed by atoms with van der Waals surface area (Å²) in [5.74, 6) is -0.172. The third-order valence-electron chi connectivity index (χ3n) is 8.09. The number of unbranched alkanes of at least 4 members (excludes halogenated alkanes) is 3. The summed E-state index contributed by atoms with van der Waals surface area (Å²) in [6, 6.07) is 33.7. The fourth-order valence-corrected chi connectivity index (χ4v) is 66.0. The molecule has 202 valence electrons. The normalized spacial score (nSPS) is 12.4. The third kappa shape index (κ3) is 7.15. The molecule has 0 aliphatic rings. The van der Waals surface area contributed by atoms with Crippen LogP contribution in [0.1, 0.15) is 59.3 Å². The molecule has 0 unspecified atom stereocenters. The summed E-state index contributed by atoms with van der Waals surface area (Å²) >= 11 is -7.05. The average Bonchev–Trinajstić information content (AvgIpc) is 2.98. The van der Waals surface area contributed by atoms with E-state index in [0.29, 0.717) is 0 Å². The standard InChI is InChI=1S/3C6H5.C4H4O2.3C4H9.2Sn/c3*1-2-4-6-5-3-1;1-3-4(5)6-2;3*1-3-4-2;;/h3*1-5H;3H,2H3;3*1,3-4H2,2H3;;. The van der Waals surface area contributed by atoms with Crippen LogP contribution in [0.3, 0.4) is 0 Å². The molecule has 3 aromatic rings. The zero-order valence-electron chi connectivity index (χ0n) is 23.9. The van der Waals surface area contributed by atoms with Crippen molar-refractivity contribution >= 4 is 53.5 Å². The Kier molecular flexibility index (Phi) is 13.0. The molecule has 0 spiro atoms. The van der Waals surface area contributed by atoms with E-state index in [4.69, 9.17) is 4.74 Å². The summed E-state index contributed by atoms with van der Waals surface area (Å²) in [6.45, 7) is 6.96. The predicted molar refractivity (Wildman–Crippen MR) is 169 cm³/mol. The van der Waals surface area contributed by atoms with Crippen LogP contribution in [-0.2, 0) is 9.53 Å². The van der Waals surface area contributed by atoms with E-state index in [-0.39, 0.29) is 5.97 Å². The van der Waals surface area contributed by atoms with Gasteiger partial charge < -0.3 is 0 Å². The molecular formula is C34H46O2Sn2. The van der Waals surface area contributed by atoms with Crippen molar-refractivity contribution in [2.24, 2.45) is 0 Å². The molecule has 0 bridgehead atoms. The molecule has 0 amide bonds. The number of carbonyl (C=O) groups excluding carboxylic acids is 1. The van der Waals surface area contributed by atoms with Gasteiger partial charge in [-0.1, -0.05) is 0 Å². The molecule has 3 aromatic carbocycles. The molecule has 0 aliphatic heterocycles. The molecule has 38 heavy (non-hydrogen) atoms. The zero-order valence-corrected chi connectivity index (χ0v) is 29.6. The minimum absolute atomic E-state index is 0.172. The van der Waals surface area contributed by atoms with Gasteiger partial charge in [-0.25, -0.2) is 0 Å². The number of hydrogen-bond acceptors (Lipinski definition) is 2. The number of rotatable bonds is 15. The molecule has 2 nitrogen and oxygen atoms in total. The van der Waals surface area contributed by atoms with Crippen LogP contribution < -0.4 is 10.7 Å². The van der Waals surface area contributed by atoms with Gasteiger partial charge in [0.2, 0.25) is 0 Å². The van der Waals surface area contributed by atoms with Gasteiger partial charge in [-0.15, -0.1) is 0 Å². The van der Waals surface area contributed by atoms with Crippen molar-refractivity contribution in [3.63, 3.8) is 0 Å². The van der Waals surface area contributed by atoms with E-state index in [0.717, 1.165) is 0 Å². The van der Waals surface area contributed by atoms with Crippen LogP contribution >= 0.6 is 0 Å². The first kappa shape index (κ1) is 31.0. The predicted octanol–water partition coefficient (Wildman–Crippen LogP) is 7.18. The minimum atomic E-state index is -3.90. The molecule has 0 N–H and O–H groups in total. The summed E-state index contributed by atoms with van der Waals surface area (Å²) in [7, 11) is 1.54. The van der Waals surface area contributed by atoms with Crippen LogP contribution in [-0.4, -0.2) is 49.8 Å². The van der Waals surface area contributed by atoms with Gasteiger partial charge in [-0.3, -0.25) is 0 Å². The molecule has 0 radical (unpaired) electrons. The van der Waals surface area contributed by atoms with Crippen LogP contribution in [0, 0.1) is 0 Å². The molecule has 0 aliphatic carbocycles. The Morgan fingerprint density at radius 2 is 0.974 bits per heavy atom. The molecule has 0 saturated heterocycles. The Morgan fingerprint density at radius 1 is 0.632 bits per heavy atom. The van der Waals surface area contributed by atoms with Gasteiger partial charge in [-0.2, -0.15) is 0 Å². The van der Waals surface area contributed by atoms with Gasteiger partial charge in [0.25, 0.3) is 0 Å². The van der Waals surface area contributed by atoms with E-state index in [1.807, 2.05) is 0 Å². The molecule has 3 rings (SSSR count). The van der Waals surface area contributed by atoms with Crippen molar-refractivity contribution in [3.05, 3.63) is 98.7 Å². The number of hydrogen-bond donors (Lipinski definition) is 0. The fraction of sp³-hybridized carbons (Fsp3) is 0.382. The van der Waals surface area contributed by atoms with Gasteiger partial charge in [-0.05, 0) is 0 Å². The summed E-state index contributed by atoms with van der Waals surface area (Å²) in [6.07, 6.45) is 9.42. The van der Waals surface area contributed by atoms with Gasteiger partial charge in [0.1, 0.15) is 0 Å². The van der Waals surface area contributed by atoms with Crippen LogP contribution in [0.25, 0.3) is 0 Å². The maximum absolute atomic E-state index is 13.4. The van der Waals surface area contributed by atoms with Crippen LogP contribution in [0.15, 0.2) is 98.7 Å². The van der Waals surface area contributed by atoms with Crippen molar-refractivity contribution in [1.29, 1.82) is 0 Å². The summed E-state index contributed by atoms with van der Waals surface area (Å²) < 4.78 is 15.3. The third-order valence-corrected chi connectivity index (χ3v) is 53.3. The van der Waals surface area contributed by atoms with Crippen LogP contribution in [0.2, 0.25) is 13.3 Å². The first-order chi connectivity index (χ1) is 18.6. The van der Waals surface area contributed by atoms with Crippen molar-refractivity contribution < 1.29 is 9.53 Å². The average molecular weight is 724 g/mol. The number of carbonyl (C=O) groups is 1. The Balaban J connectivity index is 2.55. The quantitative estimate of drug-likeness (QED) is 0.0944. The van der Waals surface area contributed by atoms with Crippen molar-refractivity contribution in [3.8, 4) is 0 Å². The molecule has 0 saturated carbocycles. The van der Waals surface area contributed by atoms with E-state index in [9.17, 15) is 4.79 Å². The van der Waals surface area contributed by atoms with E-state index in [1.165, 1.54) is 62.6 Å². The summed E-state index contributed by atoms with van der Waals surface area (Å²) in [5.41, 5.74) is 0. The summed E-state index contributed by atoms with van der Waals surface area (Å²) in [4.78, 5) is 13.4. The molecular weight excluding hydrogens is 678 g/mol. The van der Waals surface area contributed by atoms with Crippen LogP contribution in [0.5, 0.6) is 0 Å². The second-order valence-corrected chi connectivity index (χ2v) is 38.5.